The fourth-order valence-corrected chi connectivity index (χ4v) is 5.71. The van der Waals surface area contributed by atoms with Gasteiger partial charge in [0.15, 0.2) is 5.82 Å². The van der Waals surface area contributed by atoms with Crippen molar-refractivity contribution in [3.05, 3.63) is 51.9 Å². The highest BCUT2D eigenvalue weighted by Crippen LogP contribution is 2.42. The van der Waals surface area contributed by atoms with Gasteiger partial charge in [0.2, 0.25) is 0 Å². The first-order valence-corrected chi connectivity index (χ1v) is 11.2. The van der Waals surface area contributed by atoms with E-state index < -0.39 is 5.82 Å². The minimum Gasteiger partial charge on any atom is -0.373 e. The number of benzene rings is 1. The topological polar surface area (TPSA) is 46.4 Å². The largest absolute Gasteiger partial charge is 0.373 e. The fourth-order valence-electron chi connectivity index (χ4n) is 4.32. The average molecular weight is 448 g/mol. The molecule has 0 aliphatic carbocycles. The van der Waals surface area contributed by atoms with Crippen molar-refractivity contribution in [1.82, 2.24) is 19.7 Å². The van der Waals surface area contributed by atoms with E-state index in [1.807, 2.05) is 4.68 Å². The van der Waals surface area contributed by atoms with E-state index in [4.69, 9.17) is 16.3 Å². The Labute approximate surface area is 183 Å². The van der Waals surface area contributed by atoms with Crippen LogP contribution < -0.4 is 4.90 Å². The number of rotatable bonds is 4. The van der Waals surface area contributed by atoms with Crippen molar-refractivity contribution in [3.63, 3.8) is 0 Å². The van der Waals surface area contributed by atoms with Crippen LogP contribution >= 0.6 is 22.9 Å². The quantitative estimate of drug-likeness (QED) is 0.593. The monoisotopic (exact) mass is 447 g/mol. The second-order valence-corrected chi connectivity index (χ2v) is 9.58. The highest BCUT2D eigenvalue weighted by Gasteiger charge is 2.28. The van der Waals surface area contributed by atoms with Gasteiger partial charge < -0.3 is 9.64 Å². The molecule has 2 aromatic heterocycles. The molecule has 158 valence electrons. The smallest absolute Gasteiger partial charge is 0.162 e. The molecule has 2 aliphatic heterocycles. The third-order valence-electron chi connectivity index (χ3n) is 5.44. The maximum Gasteiger partial charge on any atom is 0.162 e. The summed E-state index contributed by atoms with van der Waals surface area (Å²) in [6, 6.07) is 7.13. The highest BCUT2D eigenvalue weighted by molar-refractivity contribution is 7.16. The van der Waals surface area contributed by atoms with Crippen molar-refractivity contribution in [2.24, 2.45) is 0 Å². The van der Waals surface area contributed by atoms with Gasteiger partial charge in [-0.1, -0.05) is 17.7 Å². The number of anilines is 1. The zero-order valence-corrected chi connectivity index (χ0v) is 18.5. The molecule has 30 heavy (non-hydrogen) atoms. The number of morpholine rings is 1. The number of halogens is 2. The molecular weight excluding hydrogens is 425 g/mol. The molecule has 0 saturated carbocycles. The van der Waals surface area contributed by atoms with E-state index in [0.29, 0.717) is 13.2 Å². The van der Waals surface area contributed by atoms with Crippen LogP contribution in [-0.2, 0) is 24.5 Å². The molecule has 0 bridgehead atoms. The molecule has 3 aromatic rings. The van der Waals surface area contributed by atoms with Crippen molar-refractivity contribution in [2.45, 2.75) is 45.8 Å². The van der Waals surface area contributed by atoms with Crippen LogP contribution in [-0.4, -0.2) is 45.0 Å². The van der Waals surface area contributed by atoms with Crippen LogP contribution in [0.3, 0.4) is 0 Å². The second-order valence-electron chi connectivity index (χ2n) is 8.05. The molecule has 2 atom stereocenters. The molecule has 4 heterocycles. The Morgan fingerprint density at radius 3 is 2.77 bits per heavy atom. The first-order valence-electron chi connectivity index (χ1n) is 10.0. The van der Waals surface area contributed by atoms with Gasteiger partial charge >= 0.3 is 0 Å². The average Bonchev–Trinajstić information content (AvgIpc) is 3.30. The summed E-state index contributed by atoms with van der Waals surface area (Å²) in [6.07, 6.45) is 2.08. The van der Waals surface area contributed by atoms with E-state index in [-0.39, 0.29) is 17.2 Å². The number of aromatic nitrogens is 3. The molecule has 2 aliphatic rings. The number of thiophene rings is 1. The summed E-state index contributed by atoms with van der Waals surface area (Å²) in [5.41, 5.74) is 2.06. The zero-order valence-electron chi connectivity index (χ0n) is 16.9. The summed E-state index contributed by atoms with van der Waals surface area (Å²) in [5, 5.41) is 5.69. The van der Waals surface area contributed by atoms with Crippen LogP contribution in [0.4, 0.5) is 9.39 Å². The predicted octanol–water partition coefficient (Wildman–Crippen LogP) is 4.39. The number of ether oxygens (including phenoxy) is 1. The maximum absolute atomic E-state index is 13.6. The minimum absolute atomic E-state index is 0.147. The number of nitrogens with zero attached hydrogens (tertiary/aromatic N) is 5. The lowest BCUT2D eigenvalue weighted by atomic mass is 10.1. The summed E-state index contributed by atoms with van der Waals surface area (Å²) in [5.74, 6) is 0.496. The van der Waals surface area contributed by atoms with Crippen molar-refractivity contribution in [3.8, 4) is 11.4 Å². The first kappa shape index (κ1) is 19.9. The van der Waals surface area contributed by atoms with Gasteiger partial charge in [0, 0.05) is 31.1 Å². The lowest BCUT2D eigenvalue weighted by Crippen LogP contribution is -2.44. The van der Waals surface area contributed by atoms with E-state index in [2.05, 4.69) is 39.8 Å². The van der Waals surface area contributed by atoms with Crippen LogP contribution in [0.15, 0.2) is 30.6 Å². The predicted molar refractivity (Wildman–Crippen MR) is 116 cm³/mol. The molecule has 9 heteroatoms. The fraction of sp³-hybridized carbons (Fsp3) is 0.429. The Balaban J connectivity index is 1.43. The lowest BCUT2D eigenvalue weighted by molar-refractivity contribution is -0.0702. The Kier molecular flexibility index (Phi) is 5.26. The first-order chi connectivity index (χ1) is 14.5. The van der Waals surface area contributed by atoms with Gasteiger partial charge in [-0.25, -0.2) is 14.1 Å². The second kappa shape index (κ2) is 7.92. The molecule has 0 spiro atoms. The number of hydrogen-bond donors (Lipinski definition) is 0. The summed E-state index contributed by atoms with van der Waals surface area (Å²) in [6.45, 7) is 8.23. The molecule has 6 nitrogen and oxygen atoms in total. The molecule has 0 N–H and O–H groups in total. The van der Waals surface area contributed by atoms with E-state index in [1.165, 1.54) is 15.9 Å². The van der Waals surface area contributed by atoms with Gasteiger partial charge in [0.1, 0.15) is 23.8 Å². The van der Waals surface area contributed by atoms with Gasteiger partial charge in [0.05, 0.1) is 22.8 Å². The summed E-state index contributed by atoms with van der Waals surface area (Å²) >= 11 is 7.79. The molecule has 1 saturated heterocycles. The minimum atomic E-state index is -0.398. The lowest BCUT2D eigenvalue weighted by Gasteiger charge is -2.35. The summed E-state index contributed by atoms with van der Waals surface area (Å²) in [4.78, 5) is 10.5. The maximum atomic E-state index is 13.6. The molecule has 1 fully saturated rings. The van der Waals surface area contributed by atoms with E-state index in [1.54, 1.807) is 29.8 Å². The van der Waals surface area contributed by atoms with Crippen molar-refractivity contribution < 1.29 is 9.13 Å². The van der Waals surface area contributed by atoms with E-state index in [0.717, 1.165) is 36.6 Å². The van der Waals surface area contributed by atoms with Crippen molar-refractivity contribution in [1.29, 1.82) is 0 Å². The molecule has 5 rings (SSSR count). The standard InChI is InChI=1S/C21H23ClFN5OS/c1-13-7-26(8-14(2)29-13)10-16-6-17-20-24-11-25-28(20)12-27(21(17)30-16)9-15-3-4-19(23)18(22)5-15/h3-6,11,13-14H,7-10,12H2,1-2H3/t13-,14+. The van der Waals surface area contributed by atoms with Crippen LogP contribution in [0.5, 0.6) is 0 Å². The molecular formula is C21H23ClFN5OS. The third kappa shape index (κ3) is 3.85. The summed E-state index contributed by atoms with van der Waals surface area (Å²) in [7, 11) is 0. The molecule has 1 aromatic carbocycles. The van der Waals surface area contributed by atoms with Crippen LogP contribution in [0.25, 0.3) is 11.4 Å². The van der Waals surface area contributed by atoms with Crippen LogP contribution in [0.2, 0.25) is 5.02 Å². The number of fused-ring (bicyclic) bond motifs is 3. The van der Waals surface area contributed by atoms with Crippen molar-refractivity contribution in [2.75, 3.05) is 18.0 Å². The zero-order chi connectivity index (χ0) is 20.8. The Hall–Kier alpha value is -2.00. The van der Waals surface area contributed by atoms with Crippen molar-refractivity contribution >= 4 is 27.9 Å². The van der Waals surface area contributed by atoms with Gasteiger partial charge in [-0.2, -0.15) is 5.10 Å². The SMILES string of the molecule is C[C@@H]1CN(Cc2cc3c(s2)N(Cc2ccc(F)c(Cl)c2)Cn2ncnc2-3)C[C@H](C)O1. The third-order valence-corrected chi connectivity index (χ3v) is 6.91. The molecule has 0 amide bonds. The summed E-state index contributed by atoms with van der Waals surface area (Å²) < 4.78 is 21.3. The number of hydrogen-bond acceptors (Lipinski definition) is 6. The normalized spacial score (nSPS) is 21.5. The molecule has 0 radical (unpaired) electrons. The highest BCUT2D eigenvalue weighted by atomic mass is 35.5. The Morgan fingerprint density at radius 1 is 1.20 bits per heavy atom. The molecule has 0 unspecified atom stereocenters. The van der Waals surface area contributed by atoms with Crippen LogP contribution in [0, 0.1) is 5.82 Å². The van der Waals surface area contributed by atoms with Crippen LogP contribution in [0.1, 0.15) is 24.3 Å². The van der Waals surface area contributed by atoms with Gasteiger partial charge in [0.25, 0.3) is 0 Å². The van der Waals surface area contributed by atoms with E-state index in [9.17, 15) is 4.39 Å². The van der Waals surface area contributed by atoms with Gasteiger partial charge in [-0.05, 0) is 37.6 Å². The Bertz CT molecular complexity index is 1060. The Morgan fingerprint density at radius 2 is 2.00 bits per heavy atom. The van der Waals surface area contributed by atoms with Gasteiger partial charge in [-0.15, -0.1) is 11.3 Å². The van der Waals surface area contributed by atoms with E-state index >= 15 is 0 Å². The van der Waals surface area contributed by atoms with Gasteiger partial charge in [-0.3, -0.25) is 4.90 Å².